The zero-order valence-electron chi connectivity index (χ0n) is 6.33. The maximum atomic E-state index is 11.8. The Kier molecular flexibility index (Phi) is 3.55. The summed E-state index contributed by atoms with van der Waals surface area (Å²) in [5, 5.41) is 0.105. The highest BCUT2D eigenvalue weighted by molar-refractivity contribution is 9.10. The smallest absolute Gasteiger partial charge is 0.406 e. The highest BCUT2D eigenvalue weighted by Gasteiger charge is 2.31. The lowest BCUT2D eigenvalue weighted by Crippen LogP contribution is -2.17. The molecular weight excluding hydrogens is 308 g/mol. The maximum absolute atomic E-state index is 11.8. The first-order valence-electron chi connectivity index (χ1n) is 3.20. The lowest BCUT2D eigenvalue weighted by Gasteiger charge is -2.10. The molecule has 0 saturated heterocycles. The summed E-state index contributed by atoms with van der Waals surface area (Å²) in [6.07, 6.45) is -4.75. The van der Waals surface area contributed by atoms with Gasteiger partial charge in [0, 0.05) is 12.1 Å². The van der Waals surface area contributed by atoms with Gasteiger partial charge in [-0.15, -0.1) is 13.2 Å². The number of benzene rings is 1. The molecule has 7 heteroatoms. The number of hydrogen-bond donors (Lipinski definition) is 0. The van der Waals surface area contributed by atoms with Gasteiger partial charge in [0.25, 0.3) is 0 Å². The van der Waals surface area contributed by atoms with Gasteiger partial charge in [-0.1, -0.05) is 23.2 Å². The van der Waals surface area contributed by atoms with E-state index in [9.17, 15) is 13.2 Å². The van der Waals surface area contributed by atoms with E-state index in [1.54, 1.807) is 0 Å². The molecule has 0 heterocycles. The molecule has 0 aliphatic heterocycles. The van der Waals surface area contributed by atoms with E-state index in [1.165, 1.54) is 0 Å². The van der Waals surface area contributed by atoms with Gasteiger partial charge < -0.3 is 4.74 Å². The van der Waals surface area contributed by atoms with Gasteiger partial charge >= 0.3 is 6.36 Å². The normalized spacial score (nSPS) is 11.6. The molecule has 14 heavy (non-hydrogen) atoms. The second-order valence-corrected chi connectivity index (χ2v) is 3.86. The van der Waals surface area contributed by atoms with Gasteiger partial charge in [0.1, 0.15) is 5.75 Å². The van der Waals surface area contributed by atoms with Crippen molar-refractivity contribution in [2.24, 2.45) is 0 Å². The highest BCUT2D eigenvalue weighted by atomic mass is 79.9. The Morgan fingerprint density at radius 3 is 1.93 bits per heavy atom. The van der Waals surface area contributed by atoms with E-state index in [0.29, 0.717) is 4.47 Å². The molecule has 1 rings (SSSR count). The molecule has 0 spiro atoms. The Morgan fingerprint density at radius 2 is 1.57 bits per heavy atom. The zero-order chi connectivity index (χ0) is 10.9. The largest absolute Gasteiger partial charge is 0.573 e. The summed E-state index contributed by atoms with van der Waals surface area (Å²) in [6.45, 7) is 0. The fourth-order valence-corrected chi connectivity index (χ4v) is 1.42. The van der Waals surface area contributed by atoms with Crippen molar-refractivity contribution in [3.63, 3.8) is 0 Å². The lowest BCUT2D eigenvalue weighted by molar-refractivity contribution is -0.274. The van der Waals surface area contributed by atoms with Gasteiger partial charge in [-0.25, -0.2) is 0 Å². The third-order valence-corrected chi connectivity index (χ3v) is 3.10. The minimum atomic E-state index is -4.75. The summed E-state index contributed by atoms with van der Waals surface area (Å²) < 4.78 is 39.3. The van der Waals surface area contributed by atoms with Gasteiger partial charge in [0.15, 0.2) is 0 Å². The number of ether oxygens (including phenoxy) is 1. The third-order valence-electron chi connectivity index (χ3n) is 1.19. The monoisotopic (exact) mass is 308 g/mol. The first-order chi connectivity index (χ1) is 6.29. The topological polar surface area (TPSA) is 9.23 Å². The van der Waals surface area contributed by atoms with E-state index in [4.69, 9.17) is 23.2 Å². The predicted octanol–water partition coefficient (Wildman–Crippen LogP) is 4.65. The standard InChI is InChI=1S/C7H2BrCl2F3O/c8-6-4(9)1-3(2-5(6)10)14-7(11,12)13/h1-2H. The predicted molar refractivity (Wildman–Crippen MR) is 50.8 cm³/mol. The van der Waals surface area contributed by atoms with Crippen LogP contribution in [0.3, 0.4) is 0 Å². The van der Waals surface area contributed by atoms with Crippen molar-refractivity contribution < 1.29 is 17.9 Å². The van der Waals surface area contributed by atoms with Gasteiger partial charge in [-0.3, -0.25) is 0 Å². The fraction of sp³-hybridized carbons (Fsp3) is 0.143. The summed E-state index contributed by atoms with van der Waals surface area (Å²) in [6, 6.07) is 2.04. The number of rotatable bonds is 1. The molecule has 0 aromatic heterocycles. The molecule has 0 aliphatic carbocycles. The van der Waals surface area contributed by atoms with Crippen molar-refractivity contribution in [3.8, 4) is 5.75 Å². The first-order valence-corrected chi connectivity index (χ1v) is 4.75. The summed E-state index contributed by atoms with van der Waals surface area (Å²) in [5.74, 6) is -0.448. The molecular formula is C7H2BrCl2F3O. The molecule has 1 aromatic carbocycles. The molecule has 0 amide bonds. The van der Waals surface area contributed by atoms with E-state index in [2.05, 4.69) is 20.7 Å². The molecule has 0 unspecified atom stereocenters. The Labute approximate surface area is 95.9 Å². The van der Waals surface area contributed by atoms with Crippen LogP contribution in [0.15, 0.2) is 16.6 Å². The van der Waals surface area contributed by atoms with Gasteiger partial charge in [0.2, 0.25) is 0 Å². The summed E-state index contributed by atoms with van der Waals surface area (Å²) >= 11 is 14.1. The van der Waals surface area contributed by atoms with Crippen molar-refractivity contribution in [2.45, 2.75) is 6.36 Å². The van der Waals surface area contributed by atoms with E-state index >= 15 is 0 Å². The van der Waals surface area contributed by atoms with Crippen molar-refractivity contribution in [1.29, 1.82) is 0 Å². The van der Waals surface area contributed by atoms with E-state index in [1.807, 2.05) is 0 Å². The minimum absolute atomic E-state index is 0.0525. The van der Waals surface area contributed by atoms with Gasteiger partial charge in [0.05, 0.1) is 14.5 Å². The average molecular weight is 310 g/mol. The Balaban J connectivity index is 3.02. The second-order valence-electron chi connectivity index (χ2n) is 2.25. The van der Waals surface area contributed by atoms with E-state index < -0.39 is 12.1 Å². The molecule has 0 fully saturated rings. The molecule has 0 atom stereocenters. The molecule has 0 radical (unpaired) electrons. The SMILES string of the molecule is FC(F)(F)Oc1cc(Cl)c(Br)c(Cl)c1. The quantitative estimate of drug-likeness (QED) is 0.686. The number of alkyl halides is 3. The van der Waals surface area contributed by atoms with Crippen LogP contribution in [-0.4, -0.2) is 6.36 Å². The van der Waals surface area contributed by atoms with Crippen LogP contribution < -0.4 is 4.74 Å². The maximum Gasteiger partial charge on any atom is 0.573 e. The zero-order valence-corrected chi connectivity index (χ0v) is 9.43. The Hall–Kier alpha value is -0.130. The first kappa shape index (κ1) is 11.9. The van der Waals surface area contributed by atoms with Crippen LogP contribution in [0, 0.1) is 0 Å². The summed E-state index contributed by atoms with van der Waals surface area (Å²) in [5.41, 5.74) is 0. The Morgan fingerprint density at radius 1 is 1.14 bits per heavy atom. The fourth-order valence-electron chi connectivity index (χ4n) is 0.725. The molecule has 78 valence electrons. The van der Waals surface area contributed by atoms with Crippen LogP contribution in [0.25, 0.3) is 0 Å². The van der Waals surface area contributed by atoms with Gasteiger partial charge in [-0.2, -0.15) is 0 Å². The van der Waals surface area contributed by atoms with E-state index in [-0.39, 0.29) is 10.0 Å². The van der Waals surface area contributed by atoms with E-state index in [0.717, 1.165) is 12.1 Å². The lowest BCUT2D eigenvalue weighted by atomic mass is 10.3. The number of halogens is 6. The number of hydrogen-bond acceptors (Lipinski definition) is 1. The van der Waals surface area contributed by atoms with Crippen molar-refractivity contribution in [3.05, 3.63) is 26.7 Å². The second kappa shape index (κ2) is 4.16. The van der Waals surface area contributed by atoms with Gasteiger partial charge in [-0.05, 0) is 15.9 Å². The van der Waals surface area contributed by atoms with Crippen LogP contribution in [0.2, 0.25) is 10.0 Å². The third kappa shape index (κ3) is 3.22. The van der Waals surface area contributed by atoms with Crippen LogP contribution in [0.5, 0.6) is 5.75 Å². The van der Waals surface area contributed by atoms with Crippen LogP contribution >= 0.6 is 39.1 Å². The molecule has 0 bridgehead atoms. The van der Waals surface area contributed by atoms with Crippen LogP contribution in [0.4, 0.5) is 13.2 Å². The molecule has 1 aromatic rings. The summed E-state index contributed by atoms with van der Waals surface area (Å²) in [4.78, 5) is 0. The van der Waals surface area contributed by atoms with Crippen LogP contribution in [0.1, 0.15) is 0 Å². The molecule has 0 aliphatic rings. The molecule has 0 saturated carbocycles. The van der Waals surface area contributed by atoms with Crippen molar-refractivity contribution in [2.75, 3.05) is 0 Å². The van der Waals surface area contributed by atoms with Crippen molar-refractivity contribution >= 4 is 39.1 Å². The molecule has 1 nitrogen and oxygen atoms in total. The molecule has 0 N–H and O–H groups in total. The van der Waals surface area contributed by atoms with Crippen LogP contribution in [-0.2, 0) is 0 Å². The average Bonchev–Trinajstić information content (AvgIpc) is 1.96. The summed E-state index contributed by atoms with van der Waals surface area (Å²) in [7, 11) is 0. The Bertz CT molecular complexity index is 330. The minimum Gasteiger partial charge on any atom is -0.406 e. The highest BCUT2D eigenvalue weighted by Crippen LogP contribution is 2.36. The van der Waals surface area contributed by atoms with Crippen molar-refractivity contribution in [1.82, 2.24) is 0 Å².